The van der Waals surface area contributed by atoms with Crippen LogP contribution in [0, 0.1) is 0 Å². The molecule has 1 fully saturated rings. The molecule has 1 N–H and O–H groups in total. The summed E-state index contributed by atoms with van der Waals surface area (Å²) in [5.74, 6) is -0.985. The molecule has 8 heteroatoms. The second-order valence-corrected chi connectivity index (χ2v) is 6.57. The van der Waals surface area contributed by atoms with Gasteiger partial charge in [-0.1, -0.05) is 24.3 Å². The Bertz CT molecular complexity index is 739. The Morgan fingerprint density at radius 1 is 1.32 bits per heavy atom. The van der Waals surface area contributed by atoms with Crippen LogP contribution in [0.2, 0.25) is 0 Å². The first-order chi connectivity index (χ1) is 11.9. The van der Waals surface area contributed by atoms with Gasteiger partial charge in [0.05, 0.1) is 18.2 Å². The predicted molar refractivity (Wildman–Crippen MR) is 99.4 cm³/mol. The van der Waals surface area contributed by atoms with Gasteiger partial charge in [0.15, 0.2) is 5.17 Å². The highest BCUT2D eigenvalue weighted by Gasteiger charge is 2.24. The summed E-state index contributed by atoms with van der Waals surface area (Å²) >= 11 is 1.04. The number of nitrogens with one attached hydrogen (secondary N) is 1. The lowest BCUT2D eigenvalue weighted by molar-refractivity contribution is -0.135. The first-order valence-corrected chi connectivity index (χ1v) is 8.38. The smallest absolute Gasteiger partial charge is 0.331 e. The van der Waals surface area contributed by atoms with Crippen LogP contribution in [0.5, 0.6) is 0 Å². The molecule has 1 aliphatic rings. The molecule has 0 aliphatic carbocycles. The van der Waals surface area contributed by atoms with E-state index in [0.29, 0.717) is 11.2 Å². The van der Waals surface area contributed by atoms with Gasteiger partial charge in [0.25, 0.3) is 5.91 Å². The van der Waals surface area contributed by atoms with E-state index in [9.17, 15) is 9.59 Å². The summed E-state index contributed by atoms with van der Waals surface area (Å²) < 4.78 is 4.49. The number of rotatable bonds is 5. The standard InChI is InChI=1S/C17H20N4O3S/c1-11(21(2)3)13-7-5-12(6-8-13)10-18-20-17-19-16(23)14(25-17)9-15(22)24-4/h5-11H,1-4H3,(H,19,20,23)/b14-9+,18-10?. The van der Waals surface area contributed by atoms with Crippen LogP contribution in [-0.4, -0.2) is 49.4 Å². The minimum Gasteiger partial charge on any atom is -0.466 e. The highest BCUT2D eigenvalue weighted by atomic mass is 32.2. The molecular formula is C17H20N4O3S. The van der Waals surface area contributed by atoms with Gasteiger partial charge in [-0.25, -0.2) is 4.79 Å². The highest BCUT2D eigenvalue weighted by molar-refractivity contribution is 8.18. The average Bonchev–Trinajstić information content (AvgIpc) is 2.94. The normalized spacial score (nSPS) is 19.0. The Kier molecular flexibility index (Phi) is 6.49. The molecule has 1 aliphatic heterocycles. The van der Waals surface area contributed by atoms with Gasteiger partial charge in [-0.15, -0.1) is 5.10 Å². The average molecular weight is 360 g/mol. The van der Waals surface area contributed by atoms with Gasteiger partial charge in [-0.3, -0.25) is 10.1 Å². The fourth-order valence-corrected chi connectivity index (χ4v) is 2.69. The van der Waals surface area contributed by atoms with Gasteiger partial charge in [-0.05, 0) is 43.9 Å². The van der Waals surface area contributed by atoms with Crippen molar-refractivity contribution < 1.29 is 14.3 Å². The summed E-state index contributed by atoms with van der Waals surface area (Å²) in [7, 11) is 5.32. The molecule has 1 saturated heterocycles. The fraction of sp³-hybridized carbons (Fsp3) is 0.294. The monoisotopic (exact) mass is 360 g/mol. The van der Waals surface area contributed by atoms with Crippen molar-refractivity contribution in [1.82, 2.24) is 10.2 Å². The van der Waals surface area contributed by atoms with Crippen molar-refractivity contribution in [3.8, 4) is 0 Å². The molecule has 132 valence electrons. The second kappa shape index (κ2) is 8.59. The third-order valence-corrected chi connectivity index (χ3v) is 4.55. The Labute approximate surface area is 150 Å². The van der Waals surface area contributed by atoms with E-state index in [-0.39, 0.29) is 4.91 Å². The third kappa shape index (κ3) is 5.27. The van der Waals surface area contributed by atoms with E-state index >= 15 is 0 Å². The number of nitrogens with zero attached hydrogens (tertiary/aromatic N) is 3. The maximum absolute atomic E-state index is 11.7. The molecule has 0 spiro atoms. The summed E-state index contributed by atoms with van der Waals surface area (Å²) in [5, 5.41) is 10.8. The zero-order valence-electron chi connectivity index (χ0n) is 14.5. The number of hydrogen-bond donors (Lipinski definition) is 1. The number of thioether (sulfide) groups is 1. The van der Waals surface area contributed by atoms with Gasteiger partial charge in [0.2, 0.25) is 0 Å². The number of ether oxygens (including phenoxy) is 1. The molecule has 1 aromatic rings. The van der Waals surface area contributed by atoms with Crippen LogP contribution in [0.1, 0.15) is 24.1 Å². The van der Waals surface area contributed by atoms with E-state index in [1.807, 2.05) is 38.4 Å². The molecule has 25 heavy (non-hydrogen) atoms. The van der Waals surface area contributed by atoms with Gasteiger partial charge < -0.3 is 9.64 Å². The lowest BCUT2D eigenvalue weighted by atomic mass is 10.1. The van der Waals surface area contributed by atoms with E-state index in [1.165, 1.54) is 12.7 Å². The highest BCUT2D eigenvalue weighted by Crippen LogP contribution is 2.23. The van der Waals surface area contributed by atoms with Crippen molar-refractivity contribution >= 4 is 35.0 Å². The number of amides is 1. The topological polar surface area (TPSA) is 83.4 Å². The predicted octanol–water partition coefficient (Wildman–Crippen LogP) is 1.92. The number of methoxy groups -OCH3 is 1. The first kappa shape index (κ1) is 18.9. The molecule has 1 heterocycles. The van der Waals surface area contributed by atoms with Crippen molar-refractivity contribution in [3.05, 3.63) is 46.4 Å². The second-order valence-electron chi connectivity index (χ2n) is 5.54. The van der Waals surface area contributed by atoms with Crippen LogP contribution in [0.3, 0.4) is 0 Å². The summed E-state index contributed by atoms with van der Waals surface area (Å²) in [6.45, 7) is 2.13. The molecule has 1 atom stereocenters. The molecule has 1 amide bonds. The van der Waals surface area contributed by atoms with E-state index in [4.69, 9.17) is 0 Å². The van der Waals surface area contributed by atoms with Crippen LogP contribution < -0.4 is 5.32 Å². The number of carbonyl (C=O) groups is 2. The number of esters is 1. The molecule has 0 aromatic heterocycles. The zero-order valence-corrected chi connectivity index (χ0v) is 15.3. The molecule has 0 radical (unpaired) electrons. The Morgan fingerprint density at radius 2 is 2.00 bits per heavy atom. The number of benzene rings is 1. The lowest BCUT2D eigenvalue weighted by Crippen LogP contribution is -2.19. The lowest BCUT2D eigenvalue weighted by Gasteiger charge is -2.19. The number of hydrogen-bond acceptors (Lipinski definition) is 7. The van der Waals surface area contributed by atoms with Crippen LogP contribution >= 0.6 is 11.8 Å². The molecule has 0 bridgehead atoms. The maximum Gasteiger partial charge on any atom is 0.331 e. The van der Waals surface area contributed by atoms with Gasteiger partial charge in [-0.2, -0.15) is 5.10 Å². The first-order valence-electron chi connectivity index (χ1n) is 7.57. The summed E-state index contributed by atoms with van der Waals surface area (Å²) in [4.78, 5) is 25.2. The Morgan fingerprint density at radius 3 is 2.60 bits per heavy atom. The largest absolute Gasteiger partial charge is 0.466 e. The Hall–Kier alpha value is -2.45. The quantitative estimate of drug-likeness (QED) is 0.375. The van der Waals surface area contributed by atoms with Crippen molar-refractivity contribution in [2.75, 3.05) is 21.2 Å². The van der Waals surface area contributed by atoms with Gasteiger partial charge >= 0.3 is 5.97 Å². The van der Waals surface area contributed by atoms with Crippen LogP contribution in [0.25, 0.3) is 0 Å². The van der Waals surface area contributed by atoms with E-state index in [0.717, 1.165) is 23.4 Å². The minimum absolute atomic E-state index is 0.225. The van der Waals surface area contributed by atoms with E-state index in [1.54, 1.807) is 6.21 Å². The fourth-order valence-electron chi connectivity index (χ4n) is 1.95. The summed E-state index contributed by atoms with van der Waals surface area (Å²) in [5.41, 5.74) is 2.11. The van der Waals surface area contributed by atoms with Crippen molar-refractivity contribution in [3.63, 3.8) is 0 Å². The maximum atomic E-state index is 11.7. The molecule has 1 aromatic carbocycles. The summed E-state index contributed by atoms with van der Waals surface area (Å²) in [6.07, 6.45) is 2.72. The van der Waals surface area contributed by atoms with E-state index < -0.39 is 11.9 Å². The minimum atomic E-state index is -0.588. The molecular weight excluding hydrogens is 340 g/mol. The van der Waals surface area contributed by atoms with Crippen LogP contribution in [0.4, 0.5) is 0 Å². The van der Waals surface area contributed by atoms with Crippen molar-refractivity contribution in [1.29, 1.82) is 0 Å². The molecule has 7 nitrogen and oxygen atoms in total. The molecule has 0 saturated carbocycles. The van der Waals surface area contributed by atoms with Crippen LogP contribution in [0.15, 0.2) is 45.4 Å². The van der Waals surface area contributed by atoms with Crippen molar-refractivity contribution in [2.45, 2.75) is 13.0 Å². The zero-order chi connectivity index (χ0) is 18.4. The molecule has 2 rings (SSSR count). The van der Waals surface area contributed by atoms with Gasteiger partial charge in [0.1, 0.15) is 0 Å². The number of carbonyl (C=O) groups excluding carboxylic acids is 2. The van der Waals surface area contributed by atoms with Crippen LogP contribution in [-0.2, 0) is 14.3 Å². The van der Waals surface area contributed by atoms with E-state index in [2.05, 4.69) is 32.1 Å². The van der Waals surface area contributed by atoms with Crippen molar-refractivity contribution in [2.24, 2.45) is 10.2 Å². The number of amidine groups is 1. The van der Waals surface area contributed by atoms with Gasteiger partial charge in [0, 0.05) is 12.1 Å². The molecule has 1 unspecified atom stereocenters. The third-order valence-electron chi connectivity index (χ3n) is 3.65. The SMILES string of the molecule is COC(=O)/C=C1/S/C(=N\N=Cc2ccc(C(C)N(C)C)cc2)NC1=O. The summed E-state index contributed by atoms with van der Waals surface area (Å²) in [6, 6.07) is 8.34. The Balaban J connectivity index is 2.01.